The molecule has 7 heteroatoms. The zero-order chi connectivity index (χ0) is 21.9. The number of amides is 1. The number of hydrogen-bond acceptors (Lipinski definition) is 4. The average molecular weight is 488 g/mol. The third-order valence-corrected chi connectivity index (χ3v) is 7.03. The number of aryl methyl sites for hydroxylation is 2. The average Bonchev–Trinajstić information content (AvgIpc) is 2.71. The molecule has 0 saturated carbocycles. The first-order valence-electron chi connectivity index (χ1n) is 9.29. The number of rotatable bonds is 6. The molecule has 0 bridgehead atoms. The lowest BCUT2D eigenvalue weighted by Gasteiger charge is -2.25. The Morgan fingerprint density at radius 2 is 1.57 bits per heavy atom. The molecule has 0 spiro atoms. The summed E-state index contributed by atoms with van der Waals surface area (Å²) >= 11 is 3.34. The van der Waals surface area contributed by atoms with E-state index < -0.39 is 22.5 Å². The van der Waals surface area contributed by atoms with Gasteiger partial charge in [0.15, 0.2) is 6.61 Å². The van der Waals surface area contributed by atoms with Gasteiger partial charge < -0.3 is 4.74 Å². The van der Waals surface area contributed by atoms with Crippen molar-refractivity contribution in [2.45, 2.75) is 25.7 Å². The highest BCUT2D eigenvalue weighted by molar-refractivity contribution is 9.10. The first kappa shape index (κ1) is 22.1. The fourth-order valence-corrected chi connectivity index (χ4v) is 4.64. The second kappa shape index (κ2) is 9.02. The first-order valence-corrected chi connectivity index (χ1v) is 11.5. The van der Waals surface area contributed by atoms with Crippen LogP contribution in [0.25, 0.3) is 0 Å². The molecule has 0 aromatic heterocycles. The molecule has 0 atom stereocenters. The van der Waals surface area contributed by atoms with Gasteiger partial charge in [-0.2, -0.15) is 4.31 Å². The zero-order valence-electron chi connectivity index (χ0n) is 16.9. The van der Waals surface area contributed by atoms with Crippen LogP contribution in [0, 0.1) is 20.8 Å². The summed E-state index contributed by atoms with van der Waals surface area (Å²) in [6.07, 6.45) is 0. The van der Waals surface area contributed by atoms with Gasteiger partial charge in [0.1, 0.15) is 5.75 Å². The third kappa shape index (κ3) is 4.74. The number of carbonyl (C=O) groups excluding carboxylic acids is 1. The van der Waals surface area contributed by atoms with Gasteiger partial charge >= 0.3 is 0 Å². The number of ether oxygens (including phenoxy) is 1. The van der Waals surface area contributed by atoms with Crippen molar-refractivity contribution in [3.05, 3.63) is 87.9 Å². The molecule has 1 amide bonds. The summed E-state index contributed by atoms with van der Waals surface area (Å²) in [5.74, 6) is -0.201. The largest absolute Gasteiger partial charge is 0.484 e. The number of nitrogens with zero attached hydrogens (tertiary/aromatic N) is 1. The van der Waals surface area contributed by atoms with E-state index in [-0.39, 0.29) is 4.90 Å². The maximum Gasteiger partial charge on any atom is 0.278 e. The van der Waals surface area contributed by atoms with Crippen LogP contribution in [-0.4, -0.2) is 20.9 Å². The molecule has 0 aliphatic carbocycles. The number of sulfonamides is 1. The highest BCUT2D eigenvalue weighted by atomic mass is 79.9. The first-order chi connectivity index (χ1) is 14.2. The van der Waals surface area contributed by atoms with Gasteiger partial charge in [-0.15, -0.1) is 0 Å². The number of halogens is 1. The Balaban J connectivity index is 2.00. The fourth-order valence-electron chi connectivity index (χ4n) is 2.90. The molecule has 3 rings (SSSR count). The SMILES string of the molecule is Cc1ccc(S(=O)(=O)N(C(=O)COc2ccc(Br)cc2)c2cccc(C)c2C)cc1. The summed E-state index contributed by atoms with van der Waals surface area (Å²) in [5.41, 5.74) is 2.85. The topological polar surface area (TPSA) is 63.7 Å². The van der Waals surface area contributed by atoms with E-state index >= 15 is 0 Å². The molecule has 30 heavy (non-hydrogen) atoms. The van der Waals surface area contributed by atoms with E-state index in [9.17, 15) is 13.2 Å². The van der Waals surface area contributed by atoms with Crippen LogP contribution < -0.4 is 9.04 Å². The summed E-state index contributed by atoms with van der Waals surface area (Å²) in [6, 6.07) is 18.6. The highest BCUT2D eigenvalue weighted by Crippen LogP contribution is 2.29. The molecule has 0 unspecified atom stereocenters. The molecular weight excluding hydrogens is 466 g/mol. The van der Waals surface area contributed by atoms with E-state index in [1.165, 1.54) is 12.1 Å². The van der Waals surface area contributed by atoms with Crippen molar-refractivity contribution in [1.29, 1.82) is 0 Å². The molecule has 0 aliphatic heterocycles. The maximum atomic E-state index is 13.4. The summed E-state index contributed by atoms with van der Waals surface area (Å²) in [4.78, 5) is 13.2. The molecule has 5 nitrogen and oxygen atoms in total. The summed E-state index contributed by atoms with van der Waals surface area (Å²) < 4.78 is 34.2. The molecule has 156 valence electrons. The minimum Gasteiger partial charge on any atom is -0.484 e. The molecule has 0 aliphatic rings. The third-order valence-electron chi connectivity index (χ3n) is 4.76. The van der Waals surface area contributed by atoms with Gasteiger partial charge in [0, 0.05) is 4.47 Å². The van der Waals surface area contributed by atoms with E-state index in [1.54, 1.807) is 55.5 Å². The fraction of sp³-hybridized carbons (Fsp3) is 0.174. The second-order valence-corrected chi connectivity index (χ2v) is 9.64. The Morgan fingerprint density at radius 1 is 0.933 bits per heavy atom. The van der Waals surface area contributed by atoms with Crippen LogP contribution in [0.2, 0.25) is 0 Å². The van der Waals surface area contributed by atoms with Crippen molar-refractivity contribution in [2.24, 2.45) is 0 Å². The second-order valence-electron chi connectivity index (χ2n) is 6.94. The van der Waals surface area contributed by atoms with Gasteiger partial charge in [0.25, 0.3) is 15.9 Å². The van der Waals surface area contributed by atoms with Gasteiger partial charge in [-0.3, -0.25) is 4.79 Å². The van der Waals surface area contributed by atoms with Gasteiger partial charge in [-0.1, -0.05) is 45.8 Å². The Morgan fingerprint density at radius 3 is 2.20 bits per heavy atom. The van der Waals surface area contributed by atoms with Crippen LogP contribution in [0.1, 0.15) is 16.7 Å². The Labute approximate surface area is 185 Å². The van der Waals surface area contributed by atoms with Gasteiger partial charge in [0.2, 0.25) is 0 Å². The van der Waals surface area contributed by atoms with Crippen molar-refractivity contribution in [3.63, 3.8) is 0 Å². The molecule has 0 fully saturated rings. The molecule has 0 saturated heterocycles. The minimum absolute atomic E-state index is 0.0472. The van der Waals surface area contributed by atoms with Crippen molar-refractivity contribution in [3.8, 4) is 5.75 Å². The van der Waals surface area contributed by atoms with E-state index in [1.807, 2.05) is 19.9 Å². The number of carbonyl (C=O) groups is 1. The van der Waals surface area contributed by atoms with Crippen molar-refractivity contribution in [1.82, 2.24) is 0 Å². The van der Waals surface area contributed by atoms with Crippen molar-refractivity contribution < 1.29 is 17.9 Å². The summed E-state index contributed by atoms with van der Waals surface area (Å²) in [6.45, 7) is 5.12. The monoisotopic (exact) mass is 487 g/mol. The van der Waals surface area contributed by atoms with Crippen LogP contribution in [0.15, 0.2) is 76.1 Å². The normalized spacial score (nSPS) is 11.2. The van der Waals surface area contributed by atoms with Crippen molar-refractivity contribution in [2.75, 3.05) is 10.9 Å². The molecular formula is C23H22BrNO4S. The summed E-state index contributed by atoms with van der Waals surface area (Å²) in [7, 11) is -4.12. The van der Waals surface area contributed by atoms with E-state index in [2.05, 4.69) is 15.9 Å². The van der Waals surface area contributed by atoms with Gasteiger partial charge in [0.05, 0.1) is 10.6 Å². The van der Waals surface area contributed by atoms with Crippen LogP contribution in [-0.2, 0) is 14.8 Å². The minimum atomic E-state index is -4.12. The van der Waals surface area contributed by atoms with Crippen LogP contribution >= 0.6 is 15.9 Å². The summed E-state index contributed by atoms with van der Waals surface area (Å²) in [5, 5.41) is 0. The van der Waals surface area contributed by atoms with Gasteiger partial charge in [-0.05, 0) is 74.4 Å². The standard InChI is InChI=1S/C23H22BrNO4S/c1-16-7-13-21(14-8-16)30(27,28)25(22-6-4-5-17(2)18(22)3)23(26)15-29-20-11-9-19(24)10-12-20/h4-14H,15H2,1-3H3. The number of benzene rings is 3. The van der Waals surface area contributed by atoms with Crippen molar-refractivity contribution >= 4 is 37.5 Å². The Bertz CT molecular complexity index is 1160. The quantitative estimate of drug-likeness (QED) is 0.480. The molecule has 0 radical (unpaired) electrons. The maximum absolute atomic E-state index is 13.4. The van der Waals surface area contributed by atoms with Crippen LogP contribution in [0.3, 0.4) is 0 Å². The molecule has 0 N–H and O–H groups in total. The number of anilines is 1. The van der Waals surface area contributed by atoms with E-state index in [0.717, 1.165) is 19.9 Å². The smallest absolute Gasteiger partial charge is 0.278 e. The predicted molar refractivity (Wildman–Crippen MR) is 121 cm³/mol. The van der Waals surface area contributed by atoms with Crippen LogP contribution in [0.4, 0.5) is 5.69 Å². The lowest BCUT2D eigenvalue weighted by molar-refractivity contribution is -0.119. The number of hydrogen-bond donors (Lipinski definition) is 0. The molecule has 3 aromatic rings. The molecule has 3 aromatic carbocycles. The van der Waals surface area contributed by atoms with Gasteiger partial charge in [-0.25, -0.2) is 8.42 Å². The van der Waals surface area contributed by atoms with Crippen LogP contribution in [0.5, 0.6) is 5.75 Å². The predicted octanol–water partition coefficient (Wildman–Crippen LogP) is 5.18. The van der Waals surface area contributed by atoms with E-state index in [0.29, 0.717) is 17.0 Å². The zero-order valence-corrected chi connectivity index (χ0v) is 19.3. The molecule has 0 heterocycles. The van der Waals surface area contributed by atoms with E-state index in [4.69, 9.17) is 4.74 Å². The lowest BCUT2D eigenvalue weighted by atomic mass is 10.1. The lowest BCUT2D eigenvalue weighted by Crippen LogP contribution is -2.40. The Kier molecular flexibility index (Phi) is 6.63. The Hall–Kier alpha value is -2.64. The highest BCUT2D eigenvalue weighted by Gasteiger charge is 2.32.